The van der Waals surface area contributed by atoms with Gasteiger partial charge < -0.3 is 11.1 Å². The van der Waals surface area contributed by atoms with Crippen molar-refractivity contribution in [2.45, 2.75) is 17.7 Å². The van der Waals surface area contributed by atoms with E-state index < -0.39 is 10.0 Å². The van der Waals surface area contributed by atoms with E-state index in [-0.39, 0.29) is 34.8 Å². The van der Waals surface area contributed by atoms with Crippen molar-refractivity contribution in [1.82, 2.24) is 9.62 Å². The molecule has 23 heavy (non-hydrogen) atoms. The fourth-order valence-corrected chi connectivity index (χ4v) is 4.72. The first-order chi connectivity index (χ1) is 10.9. The van der Waals surface area contributed by atoms with Crippen LogP contribution in [0.4, 0.5) is 0 Å². The van der Waals surface area contributed by atoms with Crippen molar-refractivity contribution in [1.29, 1.82) is 0 Å². The number of nitrogens with two attached hydrogens (primary N) is 1. The summed E-state index contributed by atoms with van der Waals surface area (Å²) in [5.74, 6) is -0.267. The molecular formula is C14H19Cl2N3O3S. The first-order valence-corrected chi connectivity index (χ1v) is 9.49. The standard InChI is InChI=1S/C14H19Cl2N3O3S/c15-11-1-2-12(16)13(9-11)23(21,22)19-7-3-10(4-8-19)14(20)18-6-5-17/h1-2,9-10H,3-8,17H2,(H,18,20). The van der Waals surface area contributed by atoms with Crippen molar-refractivity contribution < 1.29 is 13.2 Å². The van der Waals surface area contributed by atoms with E-state index in [2.05, 4.69) is 5.32 Å². The normalized spacial score (nSPS) is 17.2. The molecule has 1 amide bonds. The molecule has 1 heterocycles. The number of sulfonamides is 1. The van der Waals surface area contributed by atoms with Gasteiger partial charge in [-0.1, -0.05) is 23.2 Å². The molecule has 0 radical (unpaired) electrons. The second-order valence-electron chi connectivity index (χ2n) is 5.33. The lowest BCUT2D eigenvalue weighted by molar-refractivity contribution is -0.126. The van der Waals surface area contributed by atoms with E-state index in [0.717, 1.165) is 0 Å². The summed E-state index contributed by atoms with van der Waals surface area (Å²) in [7, 11) is -3.72. The van der Waals surface area contributed by atoms with Crippen LogP contribution in [0.1, 0.15) is 12.8 Å². The number of halogens is 2. The smallest absolute Gasteiger partial charge is 0.244 e. The summed E-state index contributed by atoms with van der Waals surface area (Å²) in [4.78, 5) is 11.9. The van der Waals surface area contributed by atoms with Crippen molar-refractivity contribution >= 4 is 39.1 Å². The highest BCUT2D eigenvalue weighted by atomic mass is 35.5. The van der Waals surface area contributed by atoms with Crippen LogP contribution in [0.25, 0.3) is 0 Å². The Hall–Kier alpha value is -0.860. The summed E-state index contributed by atoms with van der Waals surface area (Å²) in [6, 6.07) is 4.35. The van der Waals surface area contributed by atoms with Crippen LogP contribution in [-0.2, 0) is 14.8 Å². The fourth-order valence-electron chi connectivity index (χ4n) is 2.51. The number of hydrogen-bond donors (Lipinski definition) is 2. The maximum atomic E-state index is 12.7. The van der Waals surface area contributed by atoms with E-state index in [0.29, 0.717) is 31.0 Å². The van der Waals surface area contributed by atoms with Crippen LogP contribution in [0.5, 0.6) is 0 Å². The number of benzene rings is 1. The predicted molar refractivity (Wildman–Crippen MR) is 90.0 cm³/mol. The molecule has 128 valence electrons. The maximum Gasteiger partial charge on any atom is 0.244 e. The van der Waals surface area contributed by atoms with Crippen LogP contribution in [0.3, 0.4) is 0 Å². The molecule has 1 aromatic carbocycles. The van der Waals surface area contributed by atoms with Crippen LogP contribution >= 0.6 is 23.2 Å². The zero-order chi connectivity index (χ0) is 17.0. The second-order valence-corrected chi connectivity index (χ2v) is 8.08. The highest BCUT2D eigenvalue weighted by Gasteiger charge is 2.33. The average molecular weight is 380 g/mol. The Morgan fingerprint density at radius 1 is 1.30 bits per heavy atom. The van der Waals surface area contributed by atoms with Crippen molar-refractivity contribution in [2.24, 2.45) is 11.7 Å². The maximum absolute atomic E-state index is 12.7. The monoisotopic (exact) mass is 379 g/mol. The highest BCUT2D eigenvalue weighted by molar-refractivity contribution is 7.89. The number of hydrogen-bond acceptors (Lipinski definition) is 4. The van der Waals surface area contributed by atoms with Gasteiger partial charge in [0.2, 0.25) is 15.9 Å². The van der Waals surface area contributed by atoms with Gasteiger partial charge in [0.25, 0.3) is 0 Å². The van der Waals surface area contributed by atoms with Crippen LogP contribution in [-0.4, -0.2) is 44.8 Å². The topological polar surface area (TPSA) is 92.5 Å². The lowest BCUT2D eigenvalue weighted by Crippen LogP contribution is -2.43. The van der Waals surface area contributed by atoms with Gasteiger partial charge in [-0.05, 0) is 31.0 Å². The van der Waals surface area contributed by atoms with Crippen LogP contribution in [0.15, 0.2) is 23.1 Å². The molecular weight excluding hydrogens is 361 g/mol. The van der Waals surface area contributed by atoms with Gasteiger partial charge in [-0.2, -0.15) is 4.31 Å². The Kier molecular flexibility index (Phi) is 6.27. The van der Waals surface area contributed by atoms with Crippen molar-refractivity contribution in [3.05, 3.63) is 28.2 Å². The summed E-state index contributed by atoms with van der Waals surface area (Å²) in [5, 5.41) is 3.18. The van der Waals surface area contributed by atoms with E-state index in [1.807, 2.05) is 0 Å². The van der Waals surface area contributed by atoms with E-state index in [1.165, 1.54) is 22.5 Å². The van der Waals surface area contributed by atoms with Gasteiger partial charge in [-0.15, -0.1) is 0 Å². The number of piperidine rings is 1. The Morgan fingerprint density at radius 3 is 2.57 bits per heavy atom. The molecule has 6 nitrogen and oxygen atoms in total. The minimum atomic E-state index is -3.72. The predicted octanol–water partition coefficient (Wildman–Crippen LogP) is 1.47. The lowest BCUT2D eigenvalue weighted by atomic mass is 9.97. The second kappa shape index (κ2) is 7.81. The highest BCUT2D eigenvalue weighted by Crippen LogP contribution is 2.30. The zero-order valence-electron chi connectivity index (χ0n) is 12.5. The van der Waals surface area contributed by atoms with Gasteiger partial charge in [-0.25, -0.2) is 8.42 Å². The summed E-state index contributed by atoms with van der Waals surface area (Å²) < 4.78 is 26.7. The molecule has 2 rings (SSSR count). The third kappa shape index (κ3) is 4.36. The lowest BCUT2D eigenvalue weighted by Gasteiger charge is -2.30. The third-order valence-corrected chi connectivity index (χ3v) is 6.39. The van der Waals surface area contributed by atoms with Crippen LogP contribution in [0, 0.1) is 5.92 Å². The SMILES string of the molecule is NCCNC(=O)C1CCN(S(=O)(=O)c2cc(Cl)ccc2Cl)CC1. The Morgan fingerprint density at radius 2 is 1.96 bits per heavy atom. The first kappa shape index (κ1) is 18.5. The number of rotatable bonds is 5. The Bertz CT molecular complexity index is 674. The largest absolute Gasteiger partial charge is 0.355 e. The van der Waals surface area contributed by atoms with Gasteiger partial charge in [0.1, 0.15) is 4.90 Å². The molecule has 0 unspecified atom stereocenters. The number of nitrogens with zero attached hydrogens (tertiary/aromatic N) is 1. The van der Waals surface area contributed by atoms with E-state index in [9.17, 15) is 13.2 Å². The summed E-state index contributed by atoms with van der Waals surface area (Å²) >= 11 is 11.9. The molecule has 1 aromatic rings. The Labute approximate surface area is 146 Å². The van der Waals surface area contributed by atoms with Gasteiger partial charge in [0.05, 0.1) is 5.02 Å². The summed E-state index contributed by atoms with van der Waals surface area (Å²) in [6.45, 7) is 1.35. The van der Waals surface area contributed by atoms with Crippen molar-refractivity contribution in [2.75, 3.05) is 26.2 Å². The molecule has 0 spiro atoms. The number of nitrogens with one attached hydrogen (secondary N) is 1. The molecule has 0 saturated carbocycles. The molecule has 1 fully saturated rings. The van der Waals surface area contributed by atoms with Gasteiger partial charge in [0, 0.05) is 37.1 Å². The fraction of sp³-hybridized carbons (Fsp3) is 0.500. The van der Waals surface area contributed by atoms with Gasteiger partial charge in [-0.3, -0.25) is 4.79 Å². The van der Waals surface area contributed by atoms with Gasteiger partial charge >= 0.3 is 0 Å². The van der Waals surface area contributed by atoms with Crippen molar-refractivity contribution in [3.63, 3.8) is 0 Å². The number of carbonyl (C=O) groups excluding carboxylic acids is 1. The Balaban J connectivity index is 2.07. The quantitative estimate of drug-likeness (QED) is 0.809. The molecule has 9 heteroatoms. The van der Waals surface area contributed by atoms with Gasteiger partial charge in [0.15, 0.2) is 0 Å². The molecule has 0 bridgehead atoms. The zero-order valence-corrected chi connectivity index (χ0v) is 14.8. The molecule has 0 aromatic heterocycles. The summed E-state index contributed by atoms with van der Waals surface area (Å²) in [6.07, 6.45) is 0.932. The van der Waals surface area contributed by atoms with Crippen molar-refractivity contribution in [3.8, 4) is 0 Å². The number of amides is 1. The summed E-state index contributed by atoms with van der Waals surface area (Å²) in [5.41, 5.74) is 5.35. The molecule has 1 saturated heterocycles. The van der Waals surface area contributed by atoms with Crippen LogP contribution < -0.4 is 11.1 Å². The molecule has 0 aliphatic carbocycles. The molecule has 3 N–H and O–H groups in total. The average Bonchev–Trinajstić information content (AvgIpc) is 2.54. The molecule has 0 atom stereocenters. The van der Waals surface area contributed by atoms with Crippen LogP contribution in [0.2, 0.25) is 10.0 Å². The first-order valence-electron chi connectivity index (χ1n) is 7.29. The third-order valence-electron chi connectivity index (χ3n) is 3.78. The minimum Gasteiger partial charge on any atom is -0.355 e. The molecule has 1 aliphatic rings. The van der Waals surface area contributed by atoms with E-state index in [1.54, 1.807) is 0 Å². The molecule has 1 aliphatic heterocycles. The van der Waals surface area contributed by atoms with E-state index >= 15 is 0 Å². The van der Waals surface area contributed by atoms with E-state index in [4.69, 9.17) is 28.9 Å². The number of carbonyl (C=O) groups is 1. The minimum absolute atomic E-state index is 0.00213.